The Labute approximate surface area is 196 Å². The van der Waals surface area contributed by atoms with Crippen molar-refractivity contribution in [2.75, 3.05) is 0 Å². The predicted molar refractivity (Wildman–Crippen MR) is 133 cm³/mol. The first-order chi connectivity index (χ1) is 15.4. The molecule has 4 rings (SSSR count). The van der Waals surface area contributed by atoms with Gasteiger partial charge in [-0.25, -0.2) is 10.4 Å². The highest BCUT2D eigenvalue weighted by Crippen LogP contribution is 2.26. The fourth-order valence-electron chi connectivity index (χ4n) is 3.38. The number of hydrogen-bond donors (Lipinski definition) is 1. The Morgan fingerprint density at radius 2 is 1.75 bits per heavy atom. The minimum atomic E-state index is -0.329. The van der Waals surface area contributed by atoms with Crippen LogP contribution >= 0.6 is 23.2 Å². The Balaban J connectivity index is 1.66. The van der Waals surface area contributed by atoms with Gasteiger partial charge in [-0.1, -0.05) is 85.6 Å². The van der Waals surface area contributed by atoms with Crippen LogP contribution in [0.3, 0.4) is 0 Å². The van der Waals surface area contributed by atoms with Gasteiger partial charge >= 0.3 is 0 Å². The van der Waals surface area contributed by atoms with Crippen LogP contribution < -0.4 is 5.43 Å². The van der Waals surface area contributed by atoms with Gasteiger partial charge in [0.2, 0.25) is 0 Å². The zero-order valence-electron chi connectivity index (χ0n) is 17.6. The maximum atomic E-state index is 13.0. The number of nitrogens with zero attached hydrogens (tertiary/aromatic N) is 2. The Morgan fingerprint density at radius 1 is 1.00 bits per heavy atom. The van der Waals surface area contributed by atoms with Crippen molar-refractivity contribution in [1.29, 1.82) is 0 Å². The molecule has 1 heterocycles. The summed E-state index contributed by atoms with van der Waals surface area (Å²) < 4.78 is 0. The molecular formula is C26H21Cl2N3O. The number of carbonyl (C=O) groups excluding carboxylic acids is 1. The molecule has 0 unspecified atom stereocenters. The van der Waals surface area contributed by atoms with E-state index in [0.29, 0.717) is 27.1 Å². The van der Waals surface area contributed by atoms with E-state index in [4.69, 9.17) is 28.2 Å². The number of aromatic nitrogens is 1. The van der Waals surface area contributed by atoms with Crippen molar-refractivity contribution < 1.29 is 4.79 Å². The van der Waals surface area contributed by atoms with Crippen LogP contribution in [-0.2, 0) is 0 Å². The smallest absolute Gasteiger partial charge is 0.267 e. The lowest BCUT2D eigenvalue weighted by Crippen LogP contribution is -2.18. The molecule has 6 heteroatoms. The number of fused-ring (bicyclic) bond motifs is 1. The van der Waals surface area contributed by atoms with Gasteiger partial charge in [0.15, 0.2) is 0 Å². The van der Waals surface area contributed by atoms with Crippen LogP contribution in [0.2, 0.25) is 10.0 Å². The molecule has 1 amide bonds. The highest BCUT2D eigenvalue weighted by atomic mass is 35.5. The van der Waals surface area contributed by atoms with Crippen LogP contribution in [0.15, 0.2) is 77.9 Å². The molecule has 160 valence electrons. The van der Waals surface area contributed by atoms with Crippen LogP contribution in [0, 0.1) is 0 Å². The van der Waals surface area contributed by atoms with Crippen molar-refractivity contribution in [3.8, 4) is 11.3 Å². The average molecular weight is 462 g/mol. The maximum absolute atomic E-state index is 13.0. The first-order valence-electron chi connectivity index (χ1n) is 10.2. The molecule has 0 atom stereocenters. The van der Waals surface area contributed by atoms with Crippen molar-refractivity contribution in [2.24, 2.45) is 5.10 Å². The lowest BCUT2D eigenvalue weighted by molar-refractivity contribution is 0.0956. The number of hydrazone groups is 1. The second-order valence-corrected chi connectivity index (χ2v) is 8.56. The molecule has 0 saturated carbocycles. The van der Waals surface area contributed by atoms with E-state index in [-0.39, 0.29) is 5.91 Å². The molecule has 0 aliphatic heterocycles. The summed E-state index contributed by atoms with van der Waals surface area (Å²) in [6.07, 6.45) is 1.49. The molecule has 1 aromatic heterocycles. The standard InChI is InChI=1S/C26H21Cl2N3O/c1-16(2)17-7-9-18(10-8-17)25-14-22(21-5-3-4-6-24(21)30-25)26(32)31-29-15-19-11-12-20(27)13-23(19)28/h3-16H,1-2H3,(H,31,32). The zero-order chi connectivity index (χ0) is 22.7. The molecule has 0 aliphatic carbocycles. The van der Waals surface area contributed by atoms with E-state index in [9.17, 15) is 4.79 Å². The predicted octanol–water partition coefficient (Wildman–Crippen LogP) is 7.10. The van der Waals surface area contributed by atoms with E-state index in [2.05, 4.69) is 36.5 Å². The van der Waals surface area contributed by atoms with E-state index in [1.54, 1.807) is 24.3 Å². The number of halogens is 2. The van der Waals surface area contributed by atoms with Crippen molar-refractivity contribution in [3.05, 3.63) is 99.5 Å². The zero-order valence-corrected chi connectivity index (χ0v) is 19.2. The number of para-hydroxylation sites is 1. The fraction of sp³-hybridized carbons (Fsp3) is 0.115. The highest BCUT2D eigenvalue weighted by Gasteiger charge is 2.14. The molecule has 0 radical (unpaired) electrons. The molecule has 0 bridgehead atoms. The first-order valence-corrected chi connectivity index (χ1v) is 11.0. The number of rotatable bonds is 5. The van der Waals surface area contributed by atoms with Crippen LogP contribution in [0.1, 0.15) is 41.3 Å². The molecule has 4 nitrogen and oxygen atoms in total. The number of carbonyl (C=O) groups is 1. The first kappa shape index (κ1) is 22.0. The summed E-state index contributed by atoms with van der Waals surface area (Å²) in [6.45, 7) is 4.31. The summed E-state index contributed by atoms with van der Waals surface area (Å²) in [5, 5.41) is 5.82. The van der Waals surface area contributed by atoms with E-state index < -0.39 is 0 Å². The van der Waals surface area contributed by atoms with E-state index >= 15 is 0 Å². The number of nitrogens with one attached hydrogen (secondary N) is 1. The SMILES string of the molecule is CC(C)c1ccc(-c2cc(C(=O)NN=Cc3ccc(Cl)cc3Cl)c3ccccc3n2)cc1. The Kier molecular flexibility index (Phi) is 6.54. The van der Waals surface area contributed by atoms with Crippen molar-refractivity contribution in [1.82, 2.24) is 10.4 Å². The second kappa shape index (κ2) is 9.51. The molecule has 32 heavy (non-hydrogen) atoms. The second-order valence-electron chi connectivity index (χ2n) is 7.71. The molecule has 3 aromatic carbocycles. The van der Waals surface area contributed by atoms with Gasteiger partial charge in [0, 0.05) is 21.5 Å². The summed E-state index contributed by atoms with van der Waals surface area (Å²) in [4.78, 5) is 17.8. The molecular weight excluding hydrogens is 441 g/mol. The van der Waals surface area contributed by atoms with Crippen LogP contribution in [-0.4, -0.2) is 17.1 Å². The van der Waals surface area contributed by atoms with Gasteiger partial charge in [0.1, 0.15) is 0 Å². The fourth-order valence-corrected chi connectivity index (χ4v) is 3.83. The number of benzene rings is 3. The summed E-state index contributed by atoms with van der Waals surface area (Å²) >= 11 is 12.1. The molecule has 1 N–H and O–H groups in total. The molecule has 4 aromatic rings. The molecule has 0 spiro atoms. The van der Waals surface area contributed by atoms with Gasteiger partial charge in [-0.15, -0.1) is 0 Å². The Morgan fingerprint density at radius 3 is 2.47 bits per heavy atom. The molecule has 0 aliphatic rings. The van der Waals surface area contributed by atoms with Crippen molar-refractivity contribution in [2.45, 2.75) is 19.8 Å². The lowest BCUT2D eigenvalue weighted by atomic mass is 9.99. The van der Waals surface area contributed by atoms with E-state index in [0.717, 1.165) is 22.2 Å². The highest BCUT2D eigenvalue weighted by molar-refractivity contribution is 6.36. The van der Waals surface area contributed by atoms with E-state index in [1.165, 1.54) is 11.8 Å². The summed E-state index contributed by atoms with van der Waals surface area (Å²) in [6, 6.07) is 22.7. The summed E-state index contributed by atoms with van der Waals surface area (Å²) in [7, 11) is 0. The third-order valence-electron chi connectivity index (χ3n) is 5.17. The van der Waals surface area contributed by atoms with E-state index in [1.807, 2.05) is 36.4 Å². The summed E-state index contributed by atoms with van der Waals surface area (Å²) in [5.74, 6) is 0.118. The normalized spacial score (nSPS) is 11.4. The Hall–Kier alpha value is -3.21. The minimum Gasteiger partial charge on any atom is -0.267 e. The lowest BCUT2D eigenvalue weighted by Gasteiger charge is -2.10. The molecule has 0 fully saturated rings. The number of amides is 1. The largest absolute Gasteiger partial charge is 0.272 e. The maximum Gasteiger partial charge on any atom is 0.272 e. The number of pyridine rings is 1. The summed E-state index contributed by atoms with van der Waals surface area (Å²) in [5.41, 5.74) is 7.42. The van der Waals surface area contributed by atoms with Crippen molar-refractivity contribution >= 4 is 46.2 Å². The van der Waals surface area contributed by atoms with Gasteiger partial charge in [-0.2, -0.15) is 5.10 Å². The average Bonchev–Trinajstić information content (AvgIpc) is 2.79. The van der Waals surface area contributed by atoms with Crippen LogP contribution in [0.5, 0.6) is 0 Å². The van der Waals surface area contributed by atoms with Crippen LogP contribution in [0.4, 0.5) is 0 Å². The van der Waals surface area contributed by atoms with Gasteiger partial charge in [0.05, 0.1) is 28.0 Å². The number of hydrogen-bond acceptors (Lipinski definition) is 3. The van der Waals surface area contributed by atoms with Gasteiger partial charge in [-0.3, -0.25) is 4.79 Å². The van der Waals surface area contributed by atoms with Gasteiger partial charge in [-0.05, 0) is 35.7 Å². The van der Waals surface area contributed by atoms with Crippen molar-refractivity contribution in [3.63, 3.8) is 0 Å². The quantitative estimate of drug-likeness (QED) is 0.254. The molecule has 0 saturated heterocycles. The monoisotopic (exact) mass is 461 g/mol. The topological polar surface area (TPSA) is 54.4 Å². The minimum absolute atomic E-state index is 0.329. The third-order valence-corrected chi connectivity index (χ3v) is 5.73. The van der Waals surface area contributed by atoms with Gasteiger partial charge in [0.25, 0.3) is 5.91 Å². The third kappa shape index (κ3) is 4.82. The Bertz CT molecular complexity index is 1310. The van der Waals surface area contributed by atoms with Crippen LogP contribution in [0.25, 0.3) is 22.2 Å². The van der Waals surface area contributed by atoms with Gasteiger partial charge < -0.3 is 0 Å².